The van der Waals surface area contributed by atoms with Crippen LogP contribution < -0.4 is 4.90 Å². The maximum Gasteiger partial charge on any atom is 0.303 e. The predicted molar refractivity (Wildman–Crippen MR) is 83.6 cm³/mol. The first kappa shape index (κ1) is 17.2. The molecule has 1 aromatic rings. The van der Waals surface area contributed by atoms with Gasteiger partial charge in [-0.3, -0.25) is 14.5 Å². The van der Waals surface area contributed by atoms with E-state index in [0.29, 0.717) is 26.1 Å². The number of nitrogens with zero attached hydrogens (tertiary/aromatic N) is 2. The molecule has 0 heterocycles. The molecule has 0 aliphatic heterocycles. The van der Waals surface area contributed by atoms with Crippen LogP contribution in [0.25, 0.3) is 0 Å². The molecule has 5 nitrogen and oxygen atoms in total. The Hall–Kier alpha value is -1.88. The molecule has 1 aromatic carbocycles. The molecule has 5 heteroatoms. The minimum Gasteiger partial charge on any atom is -0.481 e. The number of anilines is 1. The van der Waals surface area contributed by atoms with E-state index in [2.05, 4.69) is 0 Å². The number of carboxylic acid groups (broad SMARTS) is 1. The zero-order chi connectivity index (χ0) is 15.8. The highest BCUT2D eigenvalue weighted by molar-refractivity contribution is 5.95. The number of para-hydroxylation sites is 1. The lowest BCUT2D eigenvalue weighted by molar-refractivity contribution is -0.137. The normalized spacial score (nSPS) is 10.7. The van der Waals surface area contributed by atoms with Crippen LogP contribution in [-0.4, -0.2) is 48.6 Å². The second kappa shape index (κ2) is 8.42. The molecular weight excluding hydrogens is 268 g/mol. The van der Waals surface area contributed by atoms with Crippen LogP contribution in [0.4, 0.5) is 5.69 Å². The van der Waals surface area contributed by atoms with Crippen LogP contribution in [0.15, 0.2) is 24.3 Å². The molecule has 0 aliphatic rings. The van der Waals surface area contributed by atoms with Crippen LogP contribution >= 0.6 is 0 Å². The number of carboxylic acids is 1. The Kier molecular flexibility index (Phi) is 6.88. The average Bonchev–Trinajstić information content (AvgIpc) is 2.41. The molecule has 0 fully saturated rings. The summed E-state index contributed by atoms with van der Waals surface area (Å²) in [7, 11) is 1.84. The standard InChI is InChI=1S/C16H24N2O3/c1-4-18(14-9-6-5-8-13(14)2)15(19)12-17(3)11-7-10-16(20)21/h5-6,8-9H,4,7,10-12H2,1-3H3,(H,20,21). The number of aliphatic carboxylic acids is 1. The summed E-state index contributed by atoms with van der Waals surface area (Å²) in [5.41, 5.74) is 2.00. The summed E-state index contributed by atoms with van der Waals surface area (Å²) < 4.78 is 0. The van der Waals surface area contributed by atoms with Gasteiger partial charge in [0.25, 0.3) is 0 Å². The van der Waals surface area contributed by atoms with Crippen molar-refractivity contribution >= 4 is 17.6 Å². The van der Waals surface area contributed by atoms with Gasteiger partial charge in [0.2, 0.25) is 5.91 Å². The number of hydrogen-bond donors (Lipinski definition) is 1. The molecule has 1 amide bonds. The molecule has 0 radical (unpaired) electrons. The number of likely N-dealkylation sites (N-methyl/N-ethyl adjacent to an activating group) is 2. The van der Waals surface area contributed by atoms with Gasteiger partial charge in [0, 0.05) is 18.7 Å². The molecule has 0 aliphatic carbocycles. The van der Waals surface area contributed by atoms with Crippen LogP contribution in [0.3, 0.4) is 0 Å². The summed E-state index contributed by atoms with van der Waals surface area (Å²) in [4.78, 5) is 26.5. The lowest BCUT2D eigenvalue weighted by Crippen LogP contribution is -2.39. The van der Waals surface area contributed by atoms with Crippen molar-refractivity contribution in [2.24, 2.45) is 0 Å². The maximum atomic E-state index is 12.4. The first-order chi connectivity index (χ1) is 9.95. The molecule has 1 rings (SSSR count). The number of rotatable bonds is 8. The predicted octanol–water partition coefficient (Wildman–Crippen LogP) is 2.14. The molecular formula is C16H24N2O3. The fourth-order valence-electron chi connectivity index (χ4n) is 2.24. The van der Waals surface area contributed by atoms with Crippen LogP contribution in [-0.2, 0) is 9.59 Å². The van der Waals surface area contributed by atoms with Crippen molar-refractivity contribution in [2.75, 3.05) is 31.6 Å². The highest BCUT2D eigenvalue weighted by atomic mass is 16.4. The van der Waals surface area contributed by atoms with E-state index in [1.165, 1.54) is 0 Å². The van der Waals surface area contributed by atoms with Crippen molar-refractivity contribution in [1.82, 2.24) is 4.90 Å². The molecule has 0 saturated heterocycles. The number of aryl methyl sites for hydroxylation is 1. The summed E-state index contributed by atoms with van der Waals surface area (Å²) in [5.74, 6) is -0.769. The Labute approximate surface area is 126 Å². The zero-order valence-electron chi connectivity index (χ0n) is 13.0. The Morgan fingerprint density at radius 3 is 2.48 bits per heavy atom. The van der Waals surface area contributed by atoms with E-state index in [9.17, 15) is 9.59 Å². The highest BCUT2D eigenvalue weighted by Gasteiger charge is 2.17. The van der Waals surface area contributed by atoms with Gasteiger partial charge in [-0.05, 0) is 45.5 Å². The van der Waals surface area contributed by atoms with E-state index in [0.717, 1.165) is 11.3 Å². The third kappa shape index (κ3) is 5.55. The molecule has 0 atom stereocenters. The van der Waals surface area contributed by atoms with Gasteiger partial charge in [-0.2, -0.15) is 0 Å². The smallest absolute Gasteiger partial charge is 0.303 e. The molecule has 0 spiro atoms. The maximum absolute atomic E-state index is 12.4. The van der Waals surface area contributed by atoms with Crippen LogP contribution in [0.1, 0.15) is 25.3 Å². The van der Waals surface area contributed by atoms with E-state index in [-0.39, 0.29) is 12.3 Å². The van der Waals surface area contributed by atoms with Gasteiger partial charge < -0.3 is 10.0 Å². The monoisotopic (exact) mass is 292 g/mol. The minimum absolute atomic E-state index is 0.0321. The lowest BCUT2D eigenvalue weighted by atomic mass is 10.2. The molecule has 0 aromatic heterocycles. The summed E-state index contributed by atoms with van der Waals surface area (Å²) in [6.07, 6.45) is 0.684. The number of amides is 1. The molecule has 1 N–H and O–H groups in total. The van der Waals surface area contributed by atoms with E-state index < -0.39 is 5.97 Å². The van der Waals surface area contributed by atoms with Crippen molar-refractivity contribution < 1.29 is 14.7 Å². The molecule has 0 saturated carbocycles. The summed E-state index contributed by atoms with van der Waals surface area (Å²) in [6.45, 7) is 5.45. The Morgan fingerprint density at radius 1 is 1.24 bits per heavy atom. The van der Waals surface area contributed by atoms with E-state index in [4.69, 9.17) is 5.11 Å². The summed E-state index contributed by atoms with van der Waals surface area (Å²) >= 11 is 0. The summed E-state index contributed by atoms with van der Waals surface area (Å²) in [5, 5.41) is 8.62. The van der Waals surface area contributed by atoms with Gasteiger partial charge in [-0.1, -0.05) is 18.2 Å². The third-order valence-corrected chi connectivity index (χ3v) is 3.36. The van der Waals surface area contributed by atoms with Crippen LogP contribution in [0.5, 0.6) is 0 Å². The van der Waals surface area contributed by atoms with Gasteiger partial charge in [0.15, 0.2) is 0 Å². The first-order valence-electron chi connectivity index (χ1n) is 7.22. The fraction of sp³-hybridized carbons (Fsp3) is 0.500. The molecule has 0 unspecified atom stereocenters. The van der Waals surface area contributed by atoms with Crippen LogP contribution in [0.2, 0.25) is 0 Å². The van der Waals surface area contributed by atoms with Gasteiger partial charge in [0.1, 0.15) is 0 Å². The number of benzene rings is 1. The number of carbonyl (C=O) groups excluding carboxylic acids is 1. The van der Waals surface area contributed by atoms with Crippen molar-refractivity contribution in [3.05, 3.63) is 29.8 Å². The van der Waals surface area contributed by atoms with Crippen molar-refractivity contribution in [2.45, 2.75) is 26.7 Å². The highest BCUT2D eigenvalue weighted by Crippen LogP contribution is 2.19. The number of hydrogen-bond acceptors (Lipinski definition) is 3. The van der Waals surface area contributed by atoms with E-state index in [1.807, 2.05) is 50.1 Å². The first-order valence-corrected chi connectivity index (χ1v) is 7.22. The Balaban J connectivity index is 2.60. The summed E-state index contributed by atoms with van der Waals surface area (Å²) in [6, 6.07) is 7.81. The lowest BCUT2D eigenvalue weighted by Gasteiger charge is -2.25. The zero-order valence-corrected chi connectivity index (χ0v) is 13.0. The Bertz CT molecular complexity index is 488. The average molecular weight is 292 g/mol. The van der Waals surface area contributed by atoms with Gasteiger partial charge in [-0.25, -0.2) is 0 Å². The second-order valence-electron chi connectivity index (χ2n) is 5.16. The number of carbonyl (C=O) groups is 2. The van der Waals surface area contributed by atoms with Crippen LogP contribution in [0, 0.1) is 6.92 Å². The van der Waals surface area contributed by atoms with E-state index in [1.54, 1.807) is 4.90 Å². The van der Waals surface area contributed by atoms with E-state index >= 15 is 0 Å². The van der Waals surface area contributed by atoms with Gasteiger partial charge in [-0.15, -0.1) is 0 Å². The van der Waals surface area contributed by atoms with Crippen molar-refractivity contribution in [3.63, 3.8) is 0 Å². The molecule has 0 bridgehead atoms. The molecule has 21 heavy (non-hydrogen) atoms. The topological polar surface area (TPSA) is 60.9 Å². The van der Waals surface area contributed by atoms with Gasteiger partial charge in [0.05, 0.1) is 6.54 Å². The Morgan fingerprint density at radius 2 is 1.90 bits per heavy atom. The molecule has 116 valence electrons. The third-order valence-electron chi connectivity index (χ3n) is 3.36. The fourth-order valence-corrected chi connectivity index (χ4v) is 2.24. The quantitative estimate of drug-likeness (QED) is 0.797. The van der Waals surface area contributed by atoms with Gasteiger partial charge >= 0.3 is 5.97 Å². The SMILES string of the molecule is CCN(C(=O)CN(C)CCCC(=O)O)c1ccccc1C. The van der Waals surface area contributed by atoms with Crippen molar-refractivity contribution in [3.8, 4) is 0 Å². The van der Waals surface area contributed by atoms with Crippen molar-refractivity contribution in [1.29, 1.82) is 0 Å². The minimum atomic E-state index is -0.801. The second-order valence-corrected chi connectivity index (χ2v) is 5.16. The largest absolute Gasteiger partial charge is 0.481 e.